The van der Waals surface area contributed by atoms with Crippen molar-refractivity contribution in [2.24, 2.45) is 4.99 Å². The van der Waals surface area contributed by atoms with Gasteiger partial charge in [-0.1, -0.05) is 30.3 Å². The second-order valence-corrected chi connectivity index (χ2v) is 4.43. The van der Waals surface area contributed by atoms with E-state index < -0.39 is 0 Å². The van der Waals surface area contributed by atoms with Crippen LogP contribution in [-0.2, 0) is 0 Å². The van der Waals surface area contributed by atoms with E-state index in [1.54, 1.807) is 17.7 Å². The van der Waals surface area contributed by atoms with Crippen LogP contribution in [0.3, 0.4) is 0 Å². The van der Waals surface area contributed by atoms with Crippen molar-refractivity contribution in [3.63, 3.8) is 0 Å². The highest BCUT2D eigenvalue weighted by Gasteiger charge is 2.01. The first-order valence-electron chi connectivity index (χ1n) is 4.97. The fraction of sp³-hybridized carbons (Fsp3) is 0.167. The molecule has 0 spiro atoms. The highest BCUT2D eigenvalue weighted by atomic mass is 32.1. The molecule has 3 nitrogen and oxygen atoms in total. The van der Waals surface area contributed by atoms with Crippen molar-refractivity contribution < 1.29 is 0 Å². The van der Waals surface area contributed by atoms with E-state index in [0.29, 0.717) is 0 Å². The minimum atomic E-state index is 0.785. The minimum Gasteiger partial charge on any atom is -0.369 e. The van der Waals surface area contributed by atoms with E-state index in [1.807, 2.05) is 42.6 Å². The summed E-state index contributed by atoms with van der Waals surface area (Å²) in [4.78, 5) is 10.6. The van der Waals surface area contributed by atoms with Crippen LogP contribution < -0.4 is 0 Å². The van der Waals surface area contributed by atoms with Crippen molar-refractivity contribution in [3.05, 3.63) is 35.7 Å². The molecule has 0 saturated carbocycles. The molecular weight excluding hydrogens is 218 g/mol. The van der Waals surface area contributed by atoms with E-state index in [2.05, 4.69) is 22.1 Å². The smallest absolute Gasteiger partial charge is 0.211 e. The predicted octanol–water partition coefficient (Wildman–Crippen LogP) is 3.03. The number of rotatable bonds is 3. The van der Waals surface area contributed by atoms with Gasteiger partial charge in [0.1, 0.15) is 0 Å². The fourth-order valence-corrected chi connectivity index (χ4v) is 1.89. The molecule has 1 aromatic heterocycles. The molecule has 0 bridgehead atoms. The maximum Gasteiger partial charge on any atom is 0.211 e. The van der Waals surface area contributed by atoms with Gasteiger partial charge in [-0.05, 0) is 0 Å². The SMILES string of the molecule is CN(C)C=Nc1nc(-c2ccccc2)cs1. The average Bonchev–Trinajstić information content (AvgIpc) is 2.76. The normalized spacial score (nSPS) is 10.9. The number of aromatic nitrogens is 1. The van der Waals surface area contributed by atoms with Gasteiger partial charge in [-0.2, -0.15) is 0 Å². The Morgan fingerprint density at radius 3 is 2.69 bits per heavy atom. The Hall–Kier alpha value is -1.68. The fourth-order valence-electron chi connectivity index (χ4n) is 1.23. The molecule has 0 aliphatic heterocycles. The van der Waals surface area contributed by atoms with Crippen molar-refractivity contribution in [2.45, 2.75) is 0 Å². The summed E-state index contributed by atoms with van der Waals surface area (Å²) in [5, 5.41) is 2.81. The molecule has 4 heteroatoms. The van der Waals surface area contributed by atoms with E-state index in [9.17, 15) is 0 Å². The average molecular weight is 231 g/mol. The molecule has 0 radical (unpaired) electrons. The predicted molar refractivity (Wildman–Crippen MR) is 69.4 cm³/mol. The van der Waals surface area contributed by atoms with Crippen molar-refractivity contribution >= 4 is 22.8 Å². The van der Waals surface area contributed by atoms with Gasteiger partial charge in [-0.3, -0.25) is 0 Å². The van der Waals surface area contributed by atoms with Gasteiger partial charge in [0.05, 0.1) is 12.0 Å². The second-order valence-electron chi connectivity index (χ2n) is 3.59. The van der Waals surface area contributed by atoms with Crippen LogP contribution in [0.15, 0.2) is 40.7 Å². The Bertz CT molecular complexity index is 474. The van der Waals surface area contributed by atoms with E-state index in [1.165, 1.54) is 0 Å². The Kier molecular flexibility index (Phi) is 3.31. The number of benzene rings is 1. The summed E-state index contributed by atoms with van der Waals surface area (Å²) in [7, 11) is 3.88. The van der Waals surface area contributed by atoms with Crippen LogP contribution in [0.2, 0.25) is 0 Å². The van der Waals surface area contributed by atoms with E-state index in [0.717, 1.165) is 16.4 Å². The largest absolute Gasteiger partial charge is 0.369 e. The highest BCUT2D eigenvalue weighted by molar-refractivity contribution is 7.13. The lowest BCUT2D eigenvalue weighted by atomic mass is 10.2. The molecule has 0 unspecified atom stereocenters. The molecule has 0 N–H and O–H groups in total. The lowest BCUT2D eigenvalue weighted by molar-refractivity contribution is 0.643. The summed E-state index contributed by atoms with van der Waals surface area (Å²) in [6, 6.07) is 10.1. The monoisotopic (exact) mass is 231 g/mol. The van der Waals surface area contributed by atoms with Crippen LogP contribution in [0.5, 0.6) is 0 Å². The molecule has 16 heavy (non-hydrogen) atoms. The molecule has 2 aromatic rings. The summed E-state index contributed by atoms with van der Waals surface area (Å²) in [6.45, 7) is 0. The van der Waals surface area contributed by atoms with Crippen LogP contribution in [0.4, 0.5) is 5.13 Å². The Labute approximate surface area is 99.1 Å². The molecule has 0 saturated heterocycles. The third-order valence-electron chi connectivity index (χ3n) is 1.96. The van der Waals surface area contributed by atoms with Gasteiger partial charge in [0.2, 0.25) is 5.13 Å². The third-order valence-corrected chi connectivity index (χ3v) is 2.71. The molecule has 82 valence electrons. The highest BCUT2D eigenvalue weighted by Crippen LogP contribution is 2.25. The number of thiazole rings is 1. The quantitative estimate of drug-likeness (QED) is 0.600. The number of hydrogen-bond donors (Lipinski definition) is 0. The summed E-state index contributed by atoms with van der Waals surface area (Å²) in [5.74, 6) is 0. The first-order valence-corrected chi connectivity index (χ1v) is 5.85. The van der Waals surface area contributed by atoms with Crippen molar-refractivity contribution in [3.8, 4) is 11.3 Å². The van der Waals surface area contributed by atoms with Gasteiger partial charge in [0.25, 0.3) is 0 Å². The maximum atomic E-state index is 4.45. The number of aliphatic imine (C=N–C) groups is 1. The Morgan fingerprint density at radius 1 is 1.25 bits per heavy atom. The van der Waals surface area contributed by atoms with Crippen molar-refractivity contribution in [1.29, 1.82) is 0 Å². The lowest BCUT2D eigenvalue weighted by Gasteiger charge is -1.99. The van der Waals surface area contributed by atoms with Crippen LogP contribution in [0.1, 0.15) is 0 Å². The Balaban J connectivity index is 2.20. The van der Waals surface area contributed by atoms with E-state index in [4.69, 9.17) is 0 Å². The van der Waals surface area contributed by atoms with Crippen molar-refractivity contribution in [1.82, 2.24) is 9.88 Å². The van der Waals surface area contributed by atoms with Gasteiger partial charge in [0, 0.05) is 25.0 Å². The number of hydrogen-bond acceptors (Lipinski definition) is 3. The molecule has 0 fully saturated rings. The molecule has 1 aromatic carbocycles. The van der Waals surface area contributed by atoms with Crippen LogP contribution in [0.25, 0.3) is 11.3 Å². The summed E-state index contributed by atoms with van der Waals surface area (Å²) in [6.07, 6.45) is 1.76. The lowest BCUT2D eigenvalue weighted by Crippen LogP contribution is -2.06. The van der Waals surface area contributed by atoms with Crippen LogP contribution >= 0.6 is 11.3 Å². The van der Waals surface area contributed by atoms with E-state index >= 15 is 0 Å². The van der Waals surface area contributed by atoms with Gasteiger partial charge in [-0.25, -0.2) is 9.98 Å². The standard InChI is InChI=1S/C12H13N3S/c1-15(2)9-13-12-14-11(8-16-12)10-6-4-3-5-7-10/h3-9H,1-2H3. The maximum absolute atomic E-state index is 4.45. The molecule has 0 atom stereocenters. The second kappa shape index (κ2) is 4.90. The summed E-state index contributed by atoms with van der Waals surface area (Å²) >= 11 is 1.55. The van der Waals surface area contributed by atoms with Gasteiger partial charge < -0.3 is 4.90 Å². The van der Waals surface area contributed by atoms with E-state index in [-0.39, 0.29) is 0 Å². The molecule has 2 rings (SSSR count). The molecule has 0 aliphatic rings. The zero-order chi connectivity index (χ0) is 11.4. The molecule has 1 heterocycles. The van der Waals surface area contributed by atoms with Gasteiger partial charge >= 0.3 is 0 Å². The van der Waals surface area contributed by atoms with Crippen LogP contribution in [-0.4, -0.2) is 30.3 Å². The molecular formula is C12H13N3S. The minimum absolute atomic E-state index is 0.785. The summed E-state index contributed by atoms with van der Waals surface area (Å²) < 4.78 is 0. The molecule has 0 amide bonds. The zero-order valence-corrected chi connectivity index (χ0v) is 10.1. The molecule has 0 aliphatic carbocycles. The van der Waals surface area contributed by atoms with Crippen molar-refractivity contribution in [2.75, 3.05) is 14.1 Å². The number of nitrogens with zero attached hydrogens (tertiary/aromatic N) is 3. The first kappa shape index (κ1) is 10.8. The zero-order valence-electron chi connectivity index (χ0n) is 9.29. The van der Waals surface area contributed by atoms with Gasteiger partial charge in [-0.15, -0.1) is 11.3 Å². The first-order chi connectivity index (χ1) is 7.75. The third kappa shape index (κ3) is 2.67. The van der Waals surface area contributed by atoms with Crippen LogP contribution in [0, 0.1) is 0 Å². The van der Waals surface area contributed by atoms with Gasteiger partial charge in [0.15, 0.2) is 0 Å². The summed E-state index contributed by atoms with van der Waals surface area (Å²) in [5.41, 5.74) is 2.11. The topological polar surface area (TPSA) is 28.5 Å². The Morgan fingerprint density at radius 2 is 2.00 bits per heavy atom.